The Balaban J connectivity index is 1.86. The van der Waals surface area contributed by atoms with Crippen LogP contribution in [-0.2, 0) is 28.7 Å². The van der Waals surface area contributed by atoms with Crippen molar-refractivity contribution in [3.05, 3.63) is 71.3 Å². The summed E-state index contributed by atoms with van der Waals surface area (Å²) < 4.78 is 37.6. The maximum absolute atomic E-state index is 12.5. The maximum atomic E-state index is 12.5. The Bertz CT molecular complexity index is 762. The number of carbonyl (C=O) groups excluding carboxylic acids is 2. The first kappa shape index (κ1) is 20.4. The van der Waals surface area contributed by atoms with Gasteiger partial charge in [-0.25, -0.2) is 0 Å². The zero-order chi connectivity index (χ0) is 19.9. The number of halogens is 3. The Morgan fingerprint density at radius 1 is 0.963 bits per heavy atom. The molecule has 0 saturated heterocycles. The van der Waals surface area contributed by atoms with E-state index in [0.717, 1.165) is 17.7 Å². The van der Waals surface area contributed by atoms with Gasteiger partial charge in [-0.2, -0.15) is 13.2 Å². The fourth-order valence-electron chi connectivity index (χ4n) is 2.34. The molecule has 144 valence electrons. The zero-order valence-electron chi connectivity index (χ0n) is 14.3. The van der Waals surface area contributed by atoms with Crippen LogP contribution >= 0.6 is 0 Å². The SMILES string of the molecule is O=C(Cc1ccccc1)N[C@@H](CO)C(=O)NCc1ccc(C(F)(F)F)cc1. The van der Waals surface area contributed by atoms with Crippen LogP contribution in [0.15, 0.2) is 54.6 Å². The smallest absolute Gasteiger partial charge is 0.394 e. The average Bonchev–Trinajstić information content (AvgIpc) is 2.64. The second kappa shape index (κ2) is 9.18. The van der Waals surface area contributed by atoms with Crippen molar-refractivity contribution in [3.8, 4) is 0 Å². The molecule has 0 radical (unpaired) electrons. The highest BCUT2D eigenvalue weighted by molar-refractivity contribution is 5.88. The summed E-state index contributed by atoms with van der Waals surface area (Å²) in [6.45, 7) is -0.624. The van der Waals surface area contributed by atoms with Crippen LogP contribution in [-0.4, -0.2) is 29.6 Å². The van der Waals surface area contributed by atoms with Crippen molar-refractivity contribution in [2.45, 2.75) is 25.2 Å². The van der Waals surface area contributed by atoms with Crippen molar-refractivity contribution in [2.75, 3.05) is 6.61 Å². The number of alkyl halides is 3. The van der Waals surface area contributed by atoms with Gasteiger partial charge >= 0.3 is 6.18 Å². The van der Waals surface area contributed by atoms with Crippen LogP contribution in [0, 0.1) is 0 Å². The Morgan fingerprint density at radius 2 is 1.59 bits per heavy atom. The predicted molar refractivity (Wildman–Crippen MR) is 92.5 cm³/mol. The number of hydrogen-bond acceptors (Lipinski definition) is 3. The molecule has 5 nitrogen and oxygen atoms in total. The van der Waals surface area contributed by atoms with E-state index >= 15 is 0 Å². The molecular formula is C19H19F3N2O3. The standard InChI is InChI=1S/C19H19F3N2O3/c20-19(21,22)15-8-6-14(7-9-15)11-23-18(27)16(12-25)24-17(26)10-13-4-2-1-3-5-13/h1-9,16,25H,10-12H2,(H,23,27)(H,24,26)/t16-/m0/s1. The van der Waals surface area contributed by atoms with Crippen LogP contribution in [0.1, 0.15) is 16.7 Å². The summed E-state index contributed by atoms with van der Waals surface area (Å²) in [7, 11) is 0. The number of aliphatic hydroxyl groups is 1. The molecular weight excluding hydrogens is 361 g/mol. The van der Waals surface area contributed by atoms with E-state index in [-0.39, 0.29) is 13.0 Å². The lowest BCUT2D eigenvalue weighted by Gasteiger charge is -2.16. The Labute approximate surface area is 154 Å². The molecule has 2 aromatic rings. The van der Waals surface area contributed by atoms with Crippen LogP contribution in [0.25, 0.3) is 0 Å². The van der Waals surface area contributed by atoms with Gasteiger partial charge in [-0.1, -0.05) is 42.5 Å². The van der Waals surface area contributed by atoms with Crippen molar-refractivity contribution >= 4 is 11.8 Å². The first-order valence-electron chi connectivity index (χ1n) is 8.17. The molecule has 0 fully saturated rings. The number of rotatable bonds is 7. The molecule has 2 amide bonds. The third-order valence-electron chi connectivity index (χ3n) is 3.79. The lowest BCUT2D eigenvalue weighted by molar-refractivity contribution is -0.137. The third-order valence-corrected chi connectivity index (χ3v) is 3.79. The van der Waals surface area contributed by atoms with Crippen LogP contribution in [0.4, 0.5) is 13.2 Å². The van der Waals surface area contributed by atoms with Gasteiger partial charge in [0.15, 0.2) is 0 Å². The van der Waals surface area contributed by atoms with Crippen molar-refractivity contribution < 1.29 is 27.9 Å². The van der Waals surface area contributed by atoms with Crippen LogP contribution < -0.4 is 10.6 Å². The molecule has 2 aromatic carbocycles. The van der Waals surface area contributed by atoms with Crippen molar-refractivity contribution in [2.24, 2.45) is 0 Å². The fraction of sp³-hybridized carbons (Fsp3) is 0.263. The molecule has 0 aliphatic rings. The van der Waals surface area contributed by atoms with Crippen molar-refractivity contribution in [1.29, 1.82) is 0 Å². The highest BCUT2D eigenvalue weighted by Gasteiger charge is 2.30. The summed E-state index contributed by atoms with van der Waals surface area (Å²) in [5.74, 6) is -1.05. The van der Waals surface area contributed by atoms with Gasteiger partial charge in [-0.05, 0) is 23.3 Å². The summed E-state index contributed by atoms with van der Waals surface area (Å²) in [6.07, 6.45) is -4.36. The van der Waals surface area contributed by atoms with E-state index in [2.05, 4.69) is 10.6 Å². The topological polar surface area (TPSA) is 78.4 Å². The second-order valence-corrected chi connectivity index (χ2v) is 5.88. The van der Waals surface area contributed by atoms with Gasteiger partial charge < -0.3 is 15.7 Å². The summed E-state index contributed by atoms with van der Waals surface area (Å²) in [4.78, 5) is 24.1. The molecule has 3 N–H and O–H groups in total. The predicted octanol–water partition coefficient (Wildman–Crippen LogP) is 2.04. The number of benzene rings is 2. The van der Waals surface area contributed by atoms with Crippen molar-refractivity contribution in [3.63, 3.8) is 0 Å². The number of nitrogens with one attached hydrogen (secondary N) is 2. The van der Waals surface area contributed by atoms with Gasteiger partial charge in [0.05, 0.1) is 18.6 Å². The lowest BCUT2D eigenvalue weighted by atomic mass is 10.1. The lowest BCUT2D eigenvalue weighted by Crippen LogP contribution is -2.49. The van der Waals surface area contributed by atoms with Crippen molar-refractivity contribution in [1.82, 2.24) is 10.6 Å². The van der Waals surface area contributed by atoms with E-state index < -0.39 is 36.2 Å². The van der Waals surface area contributed by atoms with Crippen LogP contribution in [0.3, 0.4) is 0 Å². The molecule has 0 aromatic heterocycles. The Morgan fingerprint density at radius 3 is 2.15 bits per heavy atom. The number of hydrogen-bond donors (Lipinski definition) is 3. The van der Waals surface area contributed by atoms with Gasteiger partial charge in [0.1, 0.15) is 6.04 Å². The van der Waals surface area contributed by atoms with Gasteiger partial charge in [0.2, 0.25) is 11.8 Å². The minimum atomic E-state index is -4.42. The van der Waals surface area contributed by atoms with E-state index in [1.54, 1.807) is 24.3 Å². The van der Waals surface area contributed by atoms with E-state index in [4.69, 9.17) is 0 Å². The van der Waals surface area contributed by atoms with E-state index in [1.165, 1.54) is 12.1 Å². The first-order valence-corrected chi connectivity index (χ1v) is 8.17. The van der Waals surface area contributed by atoms with Gasteiger partial charge in [-0.3, -0.25) is 9.59 Å². The second-order valence-electron chi connectivity index (χ2n) is 5.88. The zero-order valence-corrected chi connectivity index (χ0v) is 14.3. The molecule has 8 heteroatoms. The summed E-state index contributed by atoms with van der Waals surface area (Å²) in [5.41, 5.74) is 0.444. The molecule has 0 aliphatic heterocycles. The number of aliphatic hydroxyl groups excluding tert-OH is 1. The van der Waals surface area contributed by atoms with E-state index in [0.29, 0.717) is 5.56 Å². The third kappa shape index (κ3) is 6.41. The average molecular weight is 380 g/mol. The molecule has 0 bridgehead atoms. The van der Waals surface area contributed by atoms with Gasteiger partial charge in [0, 0.05) is 6.54 Å². The fourth-order valence-corrected chi connectivity index (χ4v) is 2.34. The minimum Gasteiger partial charge on any atom is -0.394 e. The summed E-state index contributed by atoms with van der Waals surface area (Å²) in [6, 6.07) is 12.1. The molecule has 0 spiro atoms. The Kier molecular flexibility index (Phi) is 6.95. The highest BCUT2D eigenvalue weighted by atomic mass is 19.4. The van der Waals surface area contributed by atoms with Gasteiger partial charge in [-0.15, -0.1) is 0 Å². The molecule has 27 heavy (non-hydrogen) atoms. The first-order chi connectivity index (χ1) is 12.8. The van der Waals surface area contributed by atoms with E-state index in [1.807, 2.05) is 6.07 Å². The Hall–Kier alpha value is -2.87. The quantitative estimate of drug-likeness (QED) is 0.688. The molecule has 2 rings (SSSR count). The summed E-state index contributed by atoms with van der Waals surface area (Å²) >= 11 is 0. The maximum Gasteiger partial charge on any atom is 0.416 e. The molecule has 0 unspecified atom stereocenters. The van der Waals surface area contributed by atoms with E-state index in [9.17, 15) is 27.9 Å². The monoisotopic (exact) mass is 380 g/mol. The van der Waals surface area contributed by atoms with Crippen LogP contribution in [0.5, 0.6) is 0 Å². The normalized spacial score (nSPS) is 12.3. The molecule has 0 saturated carbocycles. The van der Waals surface area contributed by atoms with Gasteiger partial charge in [0.25, 0.3) is 0 Å². The molecule has 1 atom stereocenters. The number of carbonyl (C=O) groups is 2. The summed E-state index contributed by atoms with van der Waals surface area (Å²) in [5, 5.41) is 14.2. The highest BCUT2D eigenvalue weighted by Crippen LogP contribution is 2.29. The molecule has 0 aliphatic carbocycles. The largest absolute Gasteiger partial charge is 0.416 e. The minimum absolute atomic E-state index is 0.0258. The molecule has 0 heterocycles. The number of amides is 2. The van der Waals surface area contributed by atoms with Crippen LogP contribution in [0.2, 0.25) is 0 Å².